The van der Waals surface area contributed by atoms with Crippen LogP contribution in [0.1, 0.15) is 18.0 Å². The third-order valence-electron chi connectivity index (χ3n) is 4.47. The van der Waals surface area contributed by atoms with E-state index in [0.29, 0.717) is 11.8 Å². The summed E-state index contributed by atoms with van der Waals surface area (Å²) < 4.78 is 1.98. The first-order chi connectivity index (χ1) is 9.81. The van der Waals surface area contributed by atoms with E-state index in [4.69, 9.17) is 0 Å². The van der Waals surface area contributed by atoms with Crippen LogP contribution in [0.2, 0.25) is 0 Å². The van der Waals surface area contributed by atoms with Gasteiger partial charge in [0.1, 0.15) is 0 Å². The number of fused-ring (bicyclic) bond motifs is 4. The van der Waals surface area contributed by atoms with Crippen LogP contribution in [0.5, 0.6) is 0 Å². The van der Waals surface area contributed by atoms with Crippen molar-refractivity contribution < 1.29 is 0 Å². The normalized spacial score (nSPS) is 24.2. The smallest absolute Gasteiger partial charge is 0.251 e. The first-order valence-electron chi connectivity index (χ1n) is 7.17. The summed E-state index contributed by atoms with van der Waals surface area (Å²) in [6.07, 6.45) is 4.74. The van der Waals surface area contributed by atoms with Gasteiger partial charge in [0.25, 0.3) is 5.56 Å². The molecule has 2 aliphatic rings. The van der Waals surface area contributed by atoms with Crippen molar-refractivity contribution in [2.24, 2.45) is 5.92 Å². The van der Waals surface area contributed by atoms with Crippen LogP contribution >= 0.6 is 0 Å². The molecule has 4 heteroatoms. The minimum atomic E-state index is 0.130. The zero-order valence-corrected chi connectivity index (χ0v) is 11.2. The highest BCUT2D eigenvalue weighted by atomic mass is 16.1. The van der Waals surface area contributed by atoms with Gasteiger partial charge in [0.15, 0.2) is 0 Å². The Balaban J connectivity index is 1.86. The van der Waals surface area contributed by atoms with Gasteiger partial charge in [0.05, 0.1) is 0 Å². The molecule has 4 rings (SSSR count). The quantitative estimate of drug-likeness (QED) is 0.854. The van der Waals surface area contributed by atoms with Crippen LogP contribution in [0.15, 0.2) is 41.5 Å². The predicted molar refractivity (Wildman–Crippen MR) is 77.7 cm³/mol. The summed E-state index contributed by atoms with van der Waals surface area (Å²) >= 11 is 0. The van der Waals surface area contributed by atoms with Crippen molar-refractivity contribution in [2.45, 2.75) is 18.9 Å². The second-order valence-electron chi connectivity index (χ2n) is 5.81. The van der Waals surface area contributed by atoms with E-state index < -0.39 is 0 Å². The number of nitrogens with zero attached hydrogens (tertiary/aromatic N) is 2. The van der Waals surface area contributed by atoms with E-state index in [1.165, 1.54) is 12.1 Å². The van der Waals surface area contributed by atoms with Crippen molar-refractivity contribution >= 4 is 0 Å². The molecule has 4 heterocycles. The first-order valence-corrected chi connectivity index (χ1v) is 7.17. The van der Waals surface area contributed by atoms with Crippen LogP contribution in [0.4, 0.5) is 0 Å². The topological polar surface area (TPSA) is 46.9 Å². The Kier molecular flexibility index (Phi) is 2.70. The predicted octanol–water partition coefficient (Wildman–Crippen LogP) is 1.62. The van der Waals surface area contributed by atoms with Crippen molar-refractivity contribution in [3.05, 3.63) is 52.7 Å². The van der Waals surface area contributed by atoms with Crippen LogP contribution in [-0.2, 0) is 6.54 Å². The maximum Gasteiger partial charge on any atom is 0.251 e. The minimum Gasteiger partial charge on any atom is -0.316 e. The summed E-state index contributed by atoms with van der Waals surface area (Å²) in [6, 6.07) is 7.85. The Morgan fingerprint density at radius 1 is 1.15 bits per heavy atom. The molecule has 2 bridgehead atoms. The second-order valence-corrected chi connectivity index (χ2v) is 5.81. The Bertz CT molecular complexity index is 693. The monoisotopic (exact) mass is 267 g/mol. The molecule has 0 spiro atoms. The van der Waals surface area contributed by atoms with Gasteiger partial charge in [-0.3, -0.25) is 9.78 Å². The van der Waals surface area contributed by atoms with Gasteiger partial charge in [-0.15, -0.1) is 0 Å². The molecule has 1 unspecified atom stereocenters. The van der Waals surface area contributed by atoms with Crippen LogP contribution in [0, 0.1) is 5.92 Å². The van der Waals surface area contributed by atoms with Crippen molar-refractivity contribution in [3.8, 4) is 11.1 Å². The van der Waals surface area contributed by atoms with Gasteiger partial charge in [0.2, 0.25) is 0 Å². The highest BCUT2D eigenvalue weighted by Gasteiger charge is 2.31. The van der Waals surface area contributed by atoms with Gasteiger partial charge < -0.3 is 9.88 Å². The van der Waals surface area contributed by atoms with E-state index in [0.717, 1.165) is 30.8 Å². The fraction of sp³-hybridized carbons (Fsp3) is 0.375. The lowest BCUT2D eigenvalue weighted by Crippen LogP contribution is -2.44. The third-order valence-corrected chi connectivity index (χ3v) is 4.47. The molecule has 0 aromatic carbocycles. The molecular formula is C16H17N3O. The average molecular weight is 267 g/mol. The molecule has 1 saturated heterocycles. The lowest BCUT2D eigenvalue weighted by atomic mass is 9.83. The second kappa shape index (κ2) is 4.56. The van der Waals surface area contributed by atoms with Crippen molar-refractivity contribution in [1.82, 2.24) is 14.9 Å². The molecule has 0 amide bonds. The fourth-order valence-electron chi connectivity index (χ4n) is 3.52. The summed E-state index contributed by atoms with van der Waals surface area (Å²) in [7, 11) is 0. The lowest BCUT2D eigenvalue weighted by Gasteiger charge is -2.37. The zero-order valence-electron chi connectivity index (χ0n) is 11.2. The zero-order chi connectivity index (χ0) is 13.5. The Morgan fingerprint density at radius 3 is 2.85 bits per heavy atom. The molecule has 2 aromatic rings. The summed E-state index contributed by atoms with van der Waals surface area (Å²) in [6.45, 7) is 2.87. The maximum atomic E-state index is 12.4. The third kappa shape index (κ3) is 1.88. The summed E-state index contributed by atoms with van der Waals surface area (Å²) in [5, 5.41) is 3.48. The Labute approximate surface area is 117 Å². The Hall–Kier alpha value is -1.94. The number of aromatic nitrogens is 2. The van der Waals surface area contributed by atoms with Crippen LogP contribution in [0.3, 0.4) is 0 Å². The SMILES string of the molecule is O=c1cc(-c2ccncc2)cc2n1CC1CNC[C@@H]2C1. The summed E-state index contributed by atoms with van der Waals surface area (Å²) in [4.78, 5) is 16.5. The van der Waals surface area contributed by atoms with Crippen LogP contribution < -0.4 is 10.9 Å². The van der Waals surface area contributed by atoms with Crippen molar-refractivity contribution in [3.63, 3.8) is 0 Å². The molecular weight excluding hydrogens is 250 g/mol. The highest BCUT2D eigenvalue weighted by molar-refractivity contribution is 5.63. The van der Waals surface area contributed by atoms with Gasteiger partial charge in [-0.25, -0.2) is 0 Å². The number of rotatable bonds is 1. The minimum absolute atomic E-state index is 0.130. The molecule has 0 radical (unpaired) electrons. The first kappa shape index (κ1) is 11.9. The number of pyridine rings is 2. The van der Waals surface area contributed by atoms with Crippen molar-refractivity contribution in [1.29, 1.82) is 0 Å². The molecule has 0 aliphatic carbocycles. The molecule has 102 valence electrons. The Morgan fingerprint density at radius 2 is 2.00 bits per heavy atom. The molecule has 0 saturated carbocycles. The standard InChI is InChI=1S/C16H17N3O/c20-16-7-13(12-1-3-17-4-2-12)6-15-14-5-11(8-18-9-14)10-19(15)16/h1-4,6-7,11,14,18H,5,8-10H2/t11?,14-/m0/s1. The van der Waals surface area contributed by atoms with Gasteiger partial charge in [-0.2, -0.15) is 0 Å². The van der Waals surface area contributed by atoms with E-state index in [-0.39, 0.29) is 5.56 Å². The number of hydrogen-bond acceptors (Lipinski definition) is 3. The summed E-state index contributed by atoms with van der Waals surface area (Å²) in [5.41, 5.74) is 3.39. The molecule has 1 N–H and O–H groups in total. The molecule has 1 fully saturated rings. The van der Waals surface area contributed by atoms with E-state index >= 15 is 0 Å². The molecule has 2 aromatic heterocycles. The highest BCUT2D eigenvalue weighted by Crippen LogP contribution is 2.33. The number of hydrogen-bond donors (Lipinski definition) is 1. The van der Waals surface area contributed by atoms with Gasteiger partial charge in [-0.05, 0) is 48.2 Å². The van der Waals surface area contributed by atoms with Gasteiger partial charge in [0, 0.05) is 43.2 Å². The number of piperidine rings is 1. The van der Waals surface area contributed by atoms with Gasteiger partial charge >= 0.3 is 0 Å². The van der Waals surface area contributed by atoms with Crippen molar-refractivity contribution in [2.75, 3.05) is 13.1 Å². The fourth-order valence-corrected chi connectivity index (χ4v) is 3.52. The van der Waals surface area contributed by atoms with Gasteiger partial charge in [-0.1, -0.05) is 0 Å². The molecule has 2 atom stereocenters. The maximum absolute atomic E-state index is 12.4. The molecule has 2 aliphatic heterocycles. The number of nitrogens with one attached hydrogen (secondary N) is 1. The summed E-state index contributed by atoms with van der Waals surface area (Å²) in [5.74, 6) is 1.07. The average Bonchev–Trinajstić information content (AvgIpc) is 2.49. The van der Waals surface area contributed by atoms with E-state index in [9.17, 15) is 4.79 Å². The van der Waals surface area contributed by atoms with Crippen LogP contribution in [-0.4, -0.2) is 22.6 Å². The molecule has 4 nitrogen and oxygen atoms in total. The van der Waals surface area contributed by atoms with E-state index in [1.807, 2.05) is 16.7 Å². The van der Waals surface area contributed by atoms with E-state index in [2.05, 4.69) is 16.4 Å². The lowest BCUT2D eigenvalue weighted by molar-refractivity contribution is 0.257. The largest absolute Gasteiger partial charge is 0.316 e. The molecule has 20 heavy (non-hydrogen) atoms. The van der Waals surface area contributed by atoms with E-state index in [1.54, 1.807) is 18.5 Å². The van der Waals surface area contributed by atoms with Crippen LogP contribution in [0.25, 0.3) is 11.1 Å².